The zero-order valence-electron chi connectivity index (χ0n) is 9.98. The normalized spacial score (nSPS) is 13.2. The van der Waals surface area contributed by atoms with E-state index in [2.05, 4.69) is 9.97 Å². The Balaban J connectivity index is 3.09. The zero-order valence-corrected chi connectivity index (χ0v) is 9.98. The molecule has 0 fully saturated rings. The van der Waals surface area contributed by atoms with E-state index in [1.165, 1.54) is 18.6 Å². The summed E-state index contributed by atoms with van der Waals surface area (Å²) in [6.07, 6.45) is 2.82. The maximum absolute atomic E-state index is 11.9. The number of allylic oxidation sites excluding steroid dienone is 2. The van der Waals surface area contributed by atoms with E-state index >= 15 is 0 Å². The first-order valence-electron chi connectivity index (χ1n) is 5.05. The molecular formula is C12H16N2O2. The highest BCUT2D eigenvalue weighted by molar-refractivity contribution is 6.07. The minimum absolute atomic E-state index is 0.0936. The van der Waals surface area contributed by atoms with Crippen molar-refractivity contribution in [3.63, 3.8) is 0 Å². The Bertz CT molecular complexity index is 416. The van der Waals surface area contributed by atoms with Crippen LogP contribution in [0.4, 0.5) is 0 Å². The Labute approximate surface area is 95.1 Å². The molecule has 16 heavy (non-hydrogen) atoms. The standard InChI is InChI=1S/C12H16N2O2/c1-8(11(16)12(2,3)4)10(15)9-5-6-13-7-14-9/h5-7,16H,1-4H3/b11-8-. The Morgan fingerprint density at radius 2 is 2.00 bits per heavy atom. The Morgan fingerprint density at radius 3 is 2.44 bits per heavy atom. The van der Waals surface area contributed by atoms with E-state index in [0.717, 1.165) is 0 Å². The fraction of sp³-hybridized carbons (Fsp3) is 0.417. The first-order chi connectivity index (χ1) is 7.34. The lowest BCUT2D eigenvalue weighted by molar-refractivity contribution is 0.101. The predicted molar refractivity (Wildman–Crippen MR) is 61.1 cm³/mol. The van der Waals surface area contributed by atoms with Crippen molar-refractivity contribution in [1.82, 2.24) is 9.97 Å². The van der Waals surface area contributed by atoms with Gasteiger partial charge in [0, 0.05) is 17.2 Å². The van der Waals surface area contributed by atoms with Gasteiger partial charge in [-0.2, -0.15) is 0 Å². The van der Waals surface area contributed by atoms with Crippen molar-refractivity contribution in [2.45, 2.75) is 27.7 Å². The molecule has 1 heterocycles. The molecule has 0 amide bonds. The van der Waals surface area contributed by atoms with Crippen molar-refractivity contribution in [3.05, 3.63) is 35.6 Å². The summed E-state index contributed by atoms with van der Waals surface area (Å²) in [5.74, 6) is -0.175. The molecule has 4 heteroatoms. The molecule has 0 bridgehead atoms. The quantitative estimate of drug-likeness (QED) is 0.472. The number of ketones is 1. The van der Waals surface area contributed by atoms with Crippen LogP contribution < -0.4 is 0 Å². The predicted octanol–water partition coefficient (Wildman–Crippen LogP) is 2.54. The molecule has 1 aromatic heterocycles. The van der Waals surface area contributed by atoms with Gasteiger partial charge in [0.25, 0.3) is 0 Å². The number of rotatable bonds is 2. The van der Waals surface area contributed by atoms with Crippen LogP contribution in [0.15, 0.2) is 29.9 Å². The molecule has 0 aliphatic heterocycles. The molecule has 86 valence electrons. The summed E-state index contributed by atoms with van der Waals surface area (Å²) in [5, 5.41) is 9.90. The minimum atomic E-state index is -0.438. The van der Waals surface area contributed by atoms with Gasteiger partial charge in [-0.25, -0.2) is 9.97 Å². The maximum Gasteiger partial charge on any atom is 0.210 e. The van der Waals surface area contributed by atoms with Crippen molar-refractivity contribution in [1.29, 1.82) is 0 Å². The second-order valence-corrected chi connectivity index (χ2v) is 4.65. The molecule has 1 rings (SSSR count). The molecule has 0 spiro atoms. The van der Waals surface area contributed by atoms with E-state index in [1.54, 1.807) is 6.92 Å². The van der Waals surface area contributed by atoms with Crippen molar-refractivity contribution >= 4 is 5.78 Å². The van der Waals surface area contributed by atoms with Gasteiger partial charge in [0.1, 0.15) is 17.8 Å². The van der Waals surface area contributed by atoms with Crippen molar-refractivity contribution < 1.29 is 9.90 Å². The molecule has 4 nitrogen and oxygen atoms in total. The number of aliphatic hydroxyl groups excluding tert-OH is 1. The first-order valence-corrected chi connectivity index (χ1v) is 5.05. The minimum Gasteiger partial charge on any atom is -0.511 e. The van der Waals surface area contributed by atoms with Crippen LogP contribution in [-0.4, -0.2) is 20.9 Å². The summed E-state index contributed by atoms with van der Waals surface area (Å²) >= 11 is 0. The lowest BCUT2D eigenvalue weighted by atomic mass is 9.89. The third-order valence-corrected chi connectivity index (χ3v) is 2.22. The van der Waals surface area contributed by atoms with Gasteiger partial charge in [0.05, 0.1) is 0 Å². The summed E-state index contributed by atoms with van der Waals surface area (Å²) in [7, 11) is 0. The highest BCUT2D eigenvalue weighted by Gasteiger charge is 2.23. The van der Waals surface area contributed by atoms with Gasteiger partial charge in [0.2, 0.25) is 5.78 Å². The SMILES string of the molecule is C/C(C(=O)c1ccncn1)=C(/O)C(C)(C)C. The van der Waals surface area contributed by atoms with Crippen LogP contribution in [0.3, 0.4) is 0 Å². The fourth-order valence-corrected chi connectivity index (χ4v) is 1.29. The summed E-state index contributed by atoms with van der Waals surface area (Å²) in [6.45, 7) is 7.14. The highest BCUT2D eigenvalue weighted by atomic mass is 16.3. The van der Waals surface area contributed by atoms with Crippen molar-refractivity contribution in [3.8, 4) is 0 Å². The summed E-state index contributed by atoms with van der Waals surface area (Å²) in [4.78, 5) is 19.5. The number of nitrogens with zero attached hydrogens (tertiary/aromatic N) is 2. The molecule has 0 aliphatic carbocycles. The van der Waals surface area contributed by atoms with Crippen LogP contribution >= 0.6 is 0 Å². The van der Waals surface area contributed by atoms with E-state index < -0.39 is 5.41 Å². The molecule has 0 aliphatic rings. The van der Waals surface area contributed by atoms with Crippen LogP contribution in [0.2, 0.25) is 0 Å². The van der Waals surface area contributed by atoms with Crippen molar-refractivity contribution in [2.75, 3.05) is 0 Å². The molecular weight excluding hydrogens is 204 g/mol. The van der Waals surface area contributed by atoms with Gasteiger partial charge in [-0.05, 0) is 13.0 Å². The summed E-state index contributed by atoms with van der Waals surface area (Å²) in [6, 6.07) is 1.53. The lowest BCUT2D eigenvalue weighted by Gasteiger charge is -2.19. The first kappa shape index (κ1) is 12.4. The van der Waals surface area contributed by atoms with Gasteiger partial charge >= 0.3 is 0 Å². The van der Waals surface area contributed by atoms with E-state index in [-0.39, 0.29) is 11.5 Å². The van der Waals surface area contributed by atoms with Gasteiger partial charge in [0.15, 0.2) is 0 Å². The average Bonchev–Trinajstić information content (AvgIpc) is 2.26. The Morgan fingerprint density at radius 1 is 1.38 bits per heavy atom. The van der Waals surface area contributed by atoms with Crippen molar-refractivity contribution in [2.24, 2.45) is 5.41 Å². The largest absolute Gasteiger partial charge is 0.511 e. The summed E-state index contributed by atoms with van der Waals surface area (Å²) in [5.41, 5.74) is 0.182. The molecule has 0 unspecified atom stereocenters. The van der Waals surface area contributed by atoms with E-state index in [9.17, 15) is 9.90 Å². The van der Waals surface area contributed by atoms with Crippen LogP contribution in [0.1, 0.15) is 38.2 Å². The lowest BCUT2D eigenvalue weighted by Crippen LogP contribution is -2.15. The summed E-state index contributed by atoms with van der Waals surface area (Å²) < 4.78 is 0. The third-order valence-electron chi connectivity index (χ3n) is 2.22. The number of carbonyl (C=O) groups is 1. The molecule has 0 saturated carbocycles. The van der Waals surface area contributed by atoms with Gasteiger partial charge in [-0.15, -0.1) is 0 Å². The van der Waals surface area contributed by atoms with Gasteiger partial charge in [-0.1, -0.05) is 20.8 Å². The number of hydrogen-bond donors (Lipinski definition) is 1. The van der Waals surface area contributed by atoms with E-state index in [1.807, 2.05) is 20.8 Å². The van der Waals surface area contributed by atoms with Gasteiger partial charge < -0.3 is 5.11 Å². The second-order valence-electron chi connectivity index (χ2n) is 4.65. The molecule has 0 aromatic carbocycles. The topological polar surface area (TPSA) is 63.1 Å². The van der Waals surface area contributed by atoms with E-state index in [4.69, 9.17) is 0 Å². The number of aromatic nitrogens is 2. The van der Waals surface area contributed by atoms with Crippen LogP contribution in [-0.2, 0) is 0 Å². The number of hydrogen-bond acceptors (Lipinski definition) is 4. The van der Waals surface area contributed by atoms with Gasteiger partial charge in [-0.3, -0.25) is 4.79 Å². The maximum atomic E-state index is 11.9. The number of Topliss-reactive ketones (excluding diaryl/α,β-unsaturated/α-hetero) is 1. The average molecular weight is 220 g/mol. The third kappa shape index (κ3) is 2.66. The number of aliphatic hydroxyl groups is 1. The fourth-order valence-electron chi connectivity index (χ4n) is 1.29. The molecule has 0 radical (unpaired) electrons. The molecule has 0 saturated heterocycles. The smallest absolute Gasteiger partial charge is 0.210 e. The Hall–Kier alpha value is -1.71. The number of carbonyl (C=O) groups excluding carboxylic acids is 1. The molecule has 1 aromatic rings. The second kappa shape index (κ2) is 4.43. The molecule has 0 atom stereocenters. The Kier molecular flexibility index (Phi) is 3.42. The van der Waals surface area contributed by atoms with Crippen LogP contribution in [0, 0.1) is 5.41 Å². The molecule has 1 N–H and O–H groups in total. The van der Waals surface area contributed by atoms with Crippen LogP contribution in [0.25, 0.3) is 0 Å². The monoisotopic (exact) mass is 220 g/mol. The highest BCUT2D eigenvalue weighted by Crippen LogP contribution is 2.26. The van der Waals surface area contributed by atoms with Crippen LogP contribution in [0.5, 0.6) is 0 Å². The van der Waals surface area contributed by atoms with E-state index in [0.29, 0.717) is 11.3 Å². The zero-order chi connectivity index (χ0) is 12.3.